The summed E-state index contributed by atoms with van der Waals surface area (Å²) in [5.41, 5.74) is 3.48. The van der Waals surface area contributed by atoms with Crippen molar-refractivity contribution in [2.45, 2.75) is 63.6 Å². The number of rotatable bonds is 6. The molecule has 1 N–H and O–H groups in total. The summed E-state index contributed by atoms with van der Waals surface area (Å²) in [6, 6.07) is 11.8. The molecule has 2 aromatic carbocycles. The van der Waals surface area contributed by atoms with Crippen molar-refractivity contribution in [1.29, 1.82) is 0 Å². The number of halogens is 2. The van der Waals surface area contributed by atoms with Gasteiger partial charge in [0.1, 0.15) is 0 Å². The maximum Gasteiger partial charge on any atom is 0.410 e. The maximum atomic E-state index is 13.8. The minimum Gasteiger partial charge on any atom is -0.436 e. The summed E-state index contributed by atoms with van der Waals surface area (Å²) >= 11 is 12.8. The van der Waals surface area contributed by atoms with Gasteiger partial charge in [0.25, 0.3) is 5.91 Å². The number of fused-ring (bicyclic) bond motifs is 1. The first-order valence-corrected chi connectivity index (χ1v) is 15.9. The van der Waals surface area contributed by atoms with Crippen molar-refractivity contribution in [3.63, 3.8) is 0 Å². The molecule has 1 atom stereocenters. The Balaban J connectivity index is 1.23. The SMILES string of the molecule is Cc1c(Cl)cc(CC(OC(=O)N2CCC(N3CCc4ccccc4NC3=O)CC2)C(=O)N2CCC(N(C)C)CC2)cc1Cl. The van der Waals surface area contributed by atoms with Gasteiger partial charge >= 0.3 is 12.1 Å². The number of carbonyl (C=O) groups is 3. The van der Waals surface area contributed by atoms with Crippen LogP contribution in [0.5, 0.6) is 0 Å². The van der Waals surface area contributed by atoms with Gasteiger partial charge in [0.2, 0.25) is 0 Å². The standard InChI is InChI=1S/C32H41Cl2N5O4/c1-21-26(33)18-22(19-27(21)34)20-29(30(40)37-13-9-24(10-14-37)36(2)3)43-32(42)38-15-11-25(12-16-38)39-17-8-23-6-4-5-7-28(23)35-31(39)41/h4-7,18-19,24-25,29H,8-17,20H2,1-3H3,(H,35,41). The fraction of sp³-hybridized carbons (Fsp3) is 0.531. The van der Waals surface area contributed by atoms with Crippen LogP contribution in [-0.2, 0) is 22.4 Å². The molecule has 2 fully saturated rings. The van der Waals surface area contributed by atoms with E-state index in [1.54, 1.807) is 21.9 Å². The van der Waals surface area contributed by atoms with Gasteiger partial charge in [0, 0.05) is 67.0 Å². The van der Waals surface area contributed by atoms with E-state index in [2.05, 4.69) is 24.3 Å². The lowest BCUT2D eigenvalue weighted by Crippen LogP contribution is -2.52. The van der Waals surface area contributed by atoms with Crippen molar-refractivity contribution >= 4 is 46.9 Å². The second-order valence-electron chi connectivity index (χ2n) is 12.0. The van der Waals surface area contributed by atoms with Gasteiger partial charge in [0.15, 0.2) is 6.10 Å². The summed E-state index contributed by atoms with van der Waals surface area (Å²) in [5.74, 6) is -0.200. The number of nitrogens with one attached hydrogen (secondary N) is 1. The van der Waals surface area contributed by atoms with Gasteiger partial charge in [-0.3, -0.25) is 4.79 Å². The molecule has 0 aromatic heterocycles. The smallest absolute Gasteiger partial charge is 0.410 e. The van der Waals surface area contributed by atoms with Crippen molar-refractivity contribution < 1.29 is 19.1 Å². The van der Waals surface area contributed by atoms with E-state index in [9.17, 15) is 14.4 Å². The number of ether oxygens (including phenoxy) is 1. The molecule has 0 radical (unpaired) electrons. The van der Waals surface area contributed by atoms with E-state index in [1.807, 2.05) is 36.1 Å². The molecule has 5 rings (SSSR count). The Bertz CT molecular complexity index is 1320. The van der Waals surface area contributed by atoms with Gasteiger partial charge in [-0.25, -0.2) is 9.59 Å². The highest BCUT2D eigenvalue weighted by molar-refractivity contribution is 6.36. The van der Waals surface area contributed by atoms with Crippen LogP contribution < -0.4 is 5.32 Å². The van der Waals surface area contributed by atoms with E-state index in [4.69, 9.17) is 27.9 Å². The van der Waals surface area contributed by atoms with Crippen LogP contribution in [0.4, 0.5) is 15.3 Å². The Labute approximate surface area is 264 Å². The van der Waals surface area contributed by atoms with Crippen LogP contribution in [0, 0.1) is 6.92 Å². The van der Waals surface area contributed by atoms with Crippen molar-refractivity contribution in [2.24, 2.45) is 0 Å². The van der Waals surface area contributed by atoms with Crippen molar-refractivity contribution in [2.75, 3.05) is 52.1 Å². The molecule has 4 amide bonds. The van der Waals surface area contributed by atoms with Crippen molar-refractivity contribution in [3.8, 4) is 0 Å². The van der Waals surface area contributed by atoms with Crippen LogP contribution in [0.2, 0.25) is 10.0 Å². The van der Waals surface area contributed by atoms with E-state index in [0.717, 1.165) is 41.6 Å². The number of amides is 4. The number of carbonyl (C=O) groups excluding carboxylic acids is 3. The second-order valence-corrected chi connectivity index (χ2v) is 12.8. The van der Waals surface area contributed by atoms with Gasteiger partial charge in [0.05, 0.1) is 0 Å². The minimum absolute atomic E-state index is 0.0191. The molecular weight excluding hydrogens is 589 g/mol. The van der Waals surface area contributed by atoms with E-state index in [1.165, 1.54) is 0 Å². The monoisotopic (exact) mass is 629 g/mol. The van der Waals surface area contributed by atoms with Crippen LogP contribution >= 0.6 is 23.2 Å². The van der Waals surface area contributed by atoms with Gasteiger partial charge < -0.3 is 29.7 Å². The zero-order valence-corrected chi connectivity index (χ0v) is 26.7. The third kappa shape index (κ3) is 7.39. The highest BCUT2D eigenvalue weighted by atomic mass is 35.5. The Morgan fingerprint density at radius 3 is 2.26 bits per heavy atom. The molecule has 3 heterocycles. The average Bonchev–Trinajstić information content (AvgIpc) is 3.17. The third-order valence-electron chi connectivity index (χ3n) is 9.09. The molecule has 43 heavy (non-hydrogen) atoms. The maximum absolute atomic E-state index is 13.8. The lowest BCUT2D eigenvalue weighted by molar-refractivity contribution is -0.142. The quantitative estimate of drug-likeness (QED) is 0.459. The molecule has 0 aliphatic carbocycles. The Morgan fingerprint density at radius 2 is 1.60 bits per heavy atom. The lowest BCUT2D eigenvalue weighted by Gasteiger charge is -2.38. The van der Waals surface area contributed by atoms with E-state index >= 15 is 0 Å². The molecule has 0 bridgehead atoms. The Morgan fingerprint density at radius 1 is 0.977 bits per heavy atom. The van der Waals surface area contributed by atoms with Crippen molar-refractivity contribution in [3.05, 3.63) is 63.1 Å². The minimum atomic E-state index is -0.995. The van der Waals surface area contributed by atoms with Crippen LogP contribution in [0.3, 0.4) is 0 Å². The number of likely N-dealkylation sites (tertiary alicyclic amines) is 2. The van der Waals surface area contributed by atoms with Gasteiger partial charge in [-0.2, -0.15) is 0 Å². The highest BCUT2D eigenvalue weighted by Gasteiger charge is 2.35. The largest absolute Gasteiger partial charge is 0.436 e. The van der Waals surface area contributed by atoms with Crippen molar-refractivity contribution in [1.82, 2.24) is 19.6 Å². The number of hydrogen-bond acceptors (Lipinski definition) is 5. The molecule has 232 valence electrons. The van der Waals surface area contributed by atoms with Crippen LogP contribution in [0.15, 0.2) is 36.4 Å². The predicted molar refractivity (Wildman–Crippen MR) is 169 cm³/mol. The Hall–Kier alpha value is -3.01. The summed E-state index contributed by atoms with van der Waals surface area (Å²) in [4.78, 5) is 47.7. The molecule has 1 unspecified atom stereocenters. The first kappa shape index (κ1) is 31.4. The zero-order valence-electron chi connectivity index (χ0n) is 25.2. The molecule has 3 aliphatic heterocycles. The van der Waals surface area contributed by atoms with Gasteiger partial charge in [-0.1, -0.05) is 41.4 Å². The summed E-state index contributed by atoms with van der Waals surface area (Å²) in [6.45, 7) is 4.57. The van der Waals surface area contributed by atoms with E-state index in [0.29, 0.717) is 61.7 Å². The van der Waals surface area contributed by atoms with E-state index in [-0.39, 0.29) is 24.4 Å². The molecular formula is C32H41Cl2N5O4. The lowest BCUT2D eigenvalue weighted by atomic mass is 10.0. The first-order valence-electron chi connectivity index (χ1n) is 15.1. The first-order chi connectivity index (χ1) is 20.6. The highest BCUT2D eigenvalue weighted by Crippen LogP contribution is 2.28. The fourth-order valence-corrected chi connectivity index (χ4v) is 6.84. The fourth-order valence-electron chi connectivity index (χ4n) is 6.31. The number of nitrogens with zero attached hydrogens (tertiary/aromatic N) is 4. The summed E-state index contributed by atoms with van der Waals surface area (Å²) in [6.07, 6.45) is 2.46. The van der Waals surface area contributed by atoms with Crippen LogP contribution in [0.25, 0.3) is 0 Å². The number of urea groups is 1. The van der Waals surface area contributed by atoms with Gasteiger partial charge in [-0.15, -0.1) is 0 Å². The number of piperidine rings is 2. The van der Waals surface area contributed by atoms with E-state index < -0.39 is 12.2 Å². The summed E-state index contributed by atoms with van der Waals surface area (Å²) < 4.78 is 5.96. The van der Waals surface area contributed by atoms with Gasteiger partial charge in [-0.05, 0) is 88.0 Å². The third-order valence-corrected chi connectivity index (χ3v) is 9.88. The molecule has 2 saturated heterocycles. The normalized spacial score (nSPS) is 19.1. The number of anilines is 1. The molecule has 0 spiro atoms. The van der Waals surface area contributed by atoms with Crippen LogP contribution in [-0.4, -0.2) is 103 Å². The topological polar surface area (TPSA) is 85.4 Å². The molecule has 0 saturated carbocycles. The molecule has 11 heteroatoms. The van der Waals surface area contributed by atoms with Crippen LogP contribution in [0.1, 0.15) is 42.4 Å². The molecule has 2 aromatic rings. The molecule has 3 aliphatic rings. The predicted octanol–water partition coefficient (Wildman–Crippen LogP) is 5.46. The number of benzene rings is 2. The Kier molecular flexibility index (Phi) is 10.0. The molecule has 9 nitrogen and oxygen atoms in total. The number of hydrogen-bond donors (Lipinski definition) is 1. The summed E-state index contributed by atoms with van der Waals surface area (Å²) in [5, 5.41) is 4.05. The zero-order chi connectivity index (χ0) is 30.7. The number of para-hydroxylation sites is 1. The summed E-state index contributed by atoms with van der Waals surface area (Å²) in [7, 11) is 4.11. The second kappa shape index (κ2) is 13.7. The average molecular weight is 631 g/mol.